The van der Waals surface area contributed by atoms with Crippen LogP contribution in [0, 0.1) is 5.92 Å². The van der Waals surface area contributed by atoms with Crippen LogP contribution in [0.4, 0.5) is 0 Å². The van der Waals surface area contributed by atoms with Crippen LogP contribution in [0.1, 0.15) is 19.8 Å². The van der Waals surface area contributed by atoms with Gasteiger partial charge in [0.1, 0.15) is 0 Å². The Hall–Kier alpha value is -0.510. The third-order valence-corrected chi connectivity index (χ3v) is 5.76. The third-order valence-electron chi connectivity index (χ3n) is 3.26. The van der Waals surface area contributed by atoms with Gasteiger partial charge in [-0.2, -0.15) is 0 Å². The molecule has 18 heavy (non-hydrogen) atoms. The fourth-order valence-corrected chi connectivity index (χ4v) is 4.55. The summed E-state index contributed by atoms with van der Waals surface area (Å²) in [6.07, 6.45) is 2.00. The van der Waals surface area contributed by atoms with Crippen molar-refractivity contribution in [1.82, 2.24) is 19.7 Å². The van der Waals surface area contributed by atoms with Gasteiger partial charge in [-0.15, -0.1) is 5.10 Å². The normalized spacial score (nSPS) is 19.8. The minimum Gasteiger partial charge on any atom is -0.329 e. The van der Waals surface area contributed by atoms with Crippen LogP contribution in [0.2, 0.25) is 0 Å². The van der Waals surface area contributed by atoms with Crippen LogP contribution in [0.5, 0.6) is 0 Å². The SMILES string of the molecule is Cn1nnc(Br)c1S(=O)(=O)NC(C)(CN)C1CC1. The number of rotatable bonds is 5. The molecule has 0 radical (unpaired) electrons. The van der Waals surface area contributed by atoms with Gasteiger partial charge in [-0.3, -0.25) is 0 Å². The number of hydrogen-bond acceptors (Lipinski definition) is 5. The zero-order valence-corrected chi connectivity index (χ0v) is 12.6. The lowest BCUT2D eigenvalue weighted by atomic mass is 9.98. The van der Waals surface area contributed by atoms with E-state index in [0.29, 0.717) is 5.92 Å². The van der Waals surface area contributed by atoms with Crippen LogP contribution in [-0.2, 0) is 17.1 Å². The molecule has 1 aliphatic rings. The van der Waals surface area contributed by atoms with E-state index in [1.54, 1.807) is 0 Å². The molecule has 1 unspecified atom stereocenters. The van der Waals surface area contributed by atoms with Crippen LogP contribution in [0.25, 0.3) is 0 Å². The molecule has 0 aromatic carbocycles. The minimum absolute atomic E-state index is 0.0165. The first-order chi connectivity index (χ1) is 8.30. The standard InChI is InChI=1S/C9H16BrN5O2S/c1-9(5-11,6-3-4-6)13-18(16,17)8-7(10)12-14-15(8)2/h6,13H,3-5,11H2,1-2H3. The molecule has 0 spiro atoms. The highest BCUT2D eigenvalue weighted by Crippen LogP contribution is 2.39. The van der Waals surface area contributed by atoms with Gasteiger partial charge in [-0.25, -0.2) is 17.8 Å². The molecule has 1 fully saturated rings. The second-order valence-corrected chi connectivity index (χ2v) is 7.16. The summed E-state index contributed by atoms with van der Waals surface area (Å²) in [6.45, 7) is 2.10. The predicted octanol–water partition coefficient (Wildman–Crippen LogP) is -0.0167. The van der Waals surface area contributed by atoms with E-state index in [9.17, 15) is 8.42 Å². The van der Waals surface area contributed by atoms with E-state index in [-0.39, 0.29) is 16.2 Å². The van der Waals surface area contributed by atoms with Gasteiger partial charge in [0.2, 0.25) is 5.03 Å². The lowest BCUT2D eigenvalue weighted by molar-refractivity contribution is 0.372. The smallest absolute Gasteiger partial charge is 0.261 e. The maximum Gasteiger partial charge on any atom is 0.261 e. The maximum atomic E-state index is 12.3. The van der Waals surface area contributed by atoms with Crippen molar-refractivity contribution in [3.05, 3.63) is 4.60 Å². The number of aryl methyl sites for hydroxylation is 1. The highest BCUT2D eigenvalue weighted by atomic mass is 79.9. The molecule has 1 heterocycles. The van der Waals surface area contributed by atoms with Crippen molar-refractivity contribution in [1.29, 1.82) is 0 Å². The lowest BCUT2D eigenvalue weighted by Gasteiger charge is -2.28. The maximum absolute atomic E-state index is 12.3. The van der Waals surface area contributed by atoms with Crippen LogP contribution < -0.4 is 10.5 Å². The van der Waals surface area contributed by atoms with Crippen molar-refractivity contribution in [3.8, 4) is 0 Å². The Labute approximate surface area is 114 Å². The molecule has 1 aromatic heterocycles. The Kier molecular flexibility index (Phi) is 3.52. The van der Waals surface area contributed by atoms with Crippen molar-refractivity contribution in [2.45, 2.75) is 30.3 Å². The quantitative estimate of drug-likeness (QED) is 0.786. The summed E-state index contributed by atoms with van der Waals surface area (Å²) in [4.78, 5) is 0. The average molecular weight is 338 g/mol. The van der Waals surface area contributed by atoms with Gasteiger partial charge in [0.15, 0.2) is 4.60 Å². The topological polar surface area (TPSA) is 103 Å². The number of hydrogen-bond donors (Lipinski definition) is 2. The number of halogens is 1. The van der Waals surface area contributed by atoms with Crippen molar-refractivity contribution in [2.24, 2.45) is 18.7 Å². The fourth-order valence-electron chi connectivity index (χ4n) is 1.98. The van der Waals surface area contributed by atoms with Crippen molar-refractivity contribution < 1.29 is 8.42 Å². The van der Waals surface area contributed by atoms with E-state index in [0.717, 1.165) is 12.8 Å². The van der Waals surface area contributed by atoms with Gasteiger partial charge < -0.3 is 5.73 Å². The first-order valence-corrected chi connectivity index (χ1v) is 7.87. The number of aromatic nitrogens is 3. The first-order valence-electron chi connectivity index (χ1n) is 5.59. The highest BCUT2D eigenvalue weighted by molar-refractivity contribution is 9.10. The molecular weight excluding hydrogens is 322 g/mol. The van der Waals surface area contributed by atoms with E-state index in [2.05, 4.69) is 31.0 Å². The summed E-state index contributed by atoms with van der Waals surface area (Å²) < 4.78 is 28.8. The molecule has 102 valence electrons. The van der Waals surface area contributed by atoms with E-state index < -0.39 is 15.6 Å². The number of nitrogens with one attached hydrogen (secondary N) is 1. The minimum atomic E-state index is -3.69. The zero-order valence-electron chi connectivity index (χ0n) is 10.2. The van der Waals surface area contributed by atoms with Gasteiger partial charge in [-0.05, 0) is 41.6 Å². The zero-order chi connectivity index (χ0) is 13.6. The Bertz CT molecular complexity index is 534. The van der Waals surface area contributed by atoms with Crippen molar-refractivity contribution >= 4 is 26.0 Å². The first kappa shape index (κ1) is 13.9. The van der Waals surface area contributed by atoms with Gasteiger partial charge >= 0.3 is 0 Å². The van der Waals surface area contributed by atoms with Gasteiger partial charge in [0.25, 0.3) is 10.0 Å². The van der Waals surface area contributed by atoms with Crippen LogP contribution in [0.3, 0.4) is 0 Å². The fraction of sp³-hybridized carbons (Fsp3) is 0.778. The van der Waals surface area contributed by atoms with Crippen LogP contribution in [0.15, 0.2) is 9.63 Å². The second-order valence-electron chi connectivity index (χ2n) is 4.81. The average Bonchev–Trinajstić information content (AvgIpc) is 3.05. The van der Waals surface area contributed by atoms with Crippen molar-refractivity contribution in [2.75, 3.05) is 6.54 Å². The largest absolute Gasteiger partial charge is 0.329 e. The van der Waals surface area contributed by atoms with Gasteiger partial charge in [0, 0.05) is 19.1 Å². The third kappa shape index (κ3) is 2.44. The van der Waals surface area contributed by atoms with Crippen LogP contribution in [-0.4, -0.2) is 35.5 Å². The van der Waals surface area contributed by atoms with E-state index in [1.807, 2.05) is 6.92 Å². The molecule has 0 saturated heterocycles. The Balaban J connectivity index is 2.32. The summed E-state index contributed by atoms with van der Waals surface area (Å²) in [5, 5.41) is 7.36. The molecule has 3 N–H and O–H groups in total. The monoisotopic (exact) mass is 337 g/mol. The molecular formula is C9H16BrN5O2S. The van der Waals surface area contributed by atoms with Crippen molar-refractivity contribution in [3.63, 3.8) is 0 Å². The Morgan fingerprint density at radius 2 is 2.22 bits per heavy atom. The number of nitrogens with two attached hydrogens (primary N) is 1. The molecule has 1 aliphatic carbocycles. The van der Waals surface area contributed by atoms with E-state index >= 15 is 0 Å². The highest BCUT2D eigenvalue weighted by Gasteiger charge is 2.44. The van der Waals surface area contributed by atoms with Crippen LogP contribution >= 0.6 is 15.9 Å². The summed E-state index contributed by atoms with van der Waals surface area (Å²) in [5.74, 6) is 0.303. The van der Waals surface area contributed by atoms with Gasteiger partial charge in [-0.1, -0.05) is 5.21 Å². The molecule has 0 aliphatic heterocycles. The molecule has 0 amide bonds. The molecule has 0 bridgehead atoms. The van der Waals surface area contributed by atoms with E-state index in [4.69, 9.17) is 5.73 Å². The number of nitrogens with zero attached hydrogens (tertiary/aromatic N) is 3. The number of sulfonamides is 1. The summed E-state index contributed by atoms with van der Waals surface area (Å²) in [6, 6.07) is 0. The summed E-state index contributed by atoms with van der Waals surface area (Å²) in [5.41, 5.74) is 5.10. The molecule has 1 saturated carbocycles. The molecule has 9 heteroatoms. The second kappa shape index (κ2) is 4.55. The Morgan fingerprint density at radius 1 is 1.61 bits per heavy atom. The molecule has 1 atom stereocenters. The lowest BCUT2D eigenvalue weighted by Crippen LogP contribution is -2.53. The molecule has 1 aromatic rings. The molecule has 2 rings (SSSR count). The Morgan fingerprint density at radius 3 is 2.61 bits per heavy atom. The molecule has 7 nitrogen and oxygen atoms in total. The predicted molar refractivity (Wildman–Crippen MR) is 69.2 cm³/mol. The summed E-state index contributed by atoms with van der Waals surface area (Å²) >= 11 is 3.09. The van der Waals surface area contributed by atoms with E-state index in [1.165, 1.54) is 11.7 Å². The van der Waals surface area contributed by atoms with Gasteiger partial charge in [0.05, 0.1) is 0 Å². The summed E-state index contributed by atoms with van der Waals surface area (Å²) in [7, 11) is -2.16.